The largest absolute Gasteiger partial charge is 0.508 e. The maximum atomic E-state index is 12.5. The predicted octanol–water partition coefficient (Wildman–Crippen LogP) is 2.56. The van der Waals surface area contributed by atoms with Gasteiger partial charge in [0.15, 0.2) is 0 Å². The highest BCUT2D eigenvalue weighted by Gasteiger charge is 2.26. The number of phenolic OH excluding ortho intramolecular Hbond substituents is 2. The number of carbonyl (C=O) groups excluding carboxylic acids is 1. The van der Waals surface area contributed by atoms with Gasteiger partial charge < -0.3 is 15.1 Å². The van der Waals surface area contributed by atoms with Crippen molar-refractivity contribution in [1.29, 1.82) is 0 Å². The molecule has 1 aliphatic heterocycles. The van der Waals surface area contributed by atoms with Gasteiger partial charge in [-0.3, -0.25) is 4.79 Å². The normalized spacial score (nSPS) is 13.3. The van der Waals surface area contributed by atoms with Crippen LogP contribution in [0.15, 0.2) is 36.4 Å². The van der Waals surface area contributed by atoms with Crippen molar-refractivity contribution in [3.8, 4) is 11.5 Å². The second kappa shape index (κ2) is 4.56. The first-order valence-electron chi connectivity index (χ1n) is 6.45. The van der Waals surface area contributed by atoms with E-state index in [0.717, 1.165) is 11.1 Å². The van der Waals surface area contributed by atoms with Crippen LogP contribution in [0.1, 0.15) is 27.0 Å². The molecule has 0 atom stereocenters. The lowest BCUT2D eigenvalue weighted by Crippen LogP contribution is -2.25. The molecule has 4 nitrogen and oxygen atoms in total. The van der Waals surface area contributed by atoms with Crippen LogP contribution < -0.4 is 0 Å². The summed E-state index contributed by atoms with van der Waals surface area (Å²) in [4.78, 5) is 14.2. The molecule has 0 aromatic heterocycles. The van der Waals surface area contributed by atoms with Crippen molar-refractivity contribution in [3.63, 3.8) is 0 Å². The number of rotatable bonds is 1. The molecule has 2 aromatic carbocycles. The molecule has 0 unspecified atom stereocenters. The average molecular weight is 269 g/mol. The first kappa shape index (κ1) is 12.5. The molecular weight excluding hydrogens is 254 g/mol. The summed E-state index contributed by atoms with van der Waals surface area (Å²) < 4.78 is 0. The third-order valence-corrected chi connectivity index (χ3v) is 3.76. The predicted molar refractivity (Wildman–Crippen MR) is 74.5 cm³/mol. The number of hydrogen-bond donors (Lipinski definition) is 2. The monoisotopic (exact) mass is 269 g/mol. The van der Waals surface area contributed by atoms with E-state index in [1.54, 1.807) is 11.8 Å². The molecule has 0 aliphatic carbocycles. The van der Waals surface area contributed by atoms with Crippen molar-refractivity contribution in [1.82, 2.24) is 4.90 Å². The number of aromatic hydroxyl groups is 2. The fourth-order valence-electron chi connectivity index (χ4n) is 2.51. The number of nitrogens with zero attached hydrogens (tertiary/aromatic N) is 1. The first-order valence-corrected chi connectivity index (χ1v) is 6.45. The number of benzene rings is 2. The molecule has 3 rings (SSSR count). The van der Waals surface area contributed by atoms with Crippen molar-refractivity contribution >= 4 is 5.91 Å². The number of hydrogen-bond acceptors (Lipinski definition) is 3. The Bertz CT molecular complexity index is 669. The molecule has 0 fully saturated rings. The van der Waals surface area contributed by atoms with E-state index >= 15 is 0 Å². The third kappa shape index (κ3) is 1.90. The molecule has 1 amide bonds. The van der Waals surface area contributed by atoms with E-state index in [4.69, 9.17) is 0 Å². The zero-order chi connectivity index (χ0) is 14.3. The van der Waals surface area contributed by atoms with Crippen LogP contribution in [0.2, 0.25) is 0 Å². The smallest absolute Gasteiger partial charge is 0.258 e. The molecule has 4 heteroatoms. The Morgan fingerprint density at radius 3 is 2.25 bits per heavy atom. The summed E-state index contributed by atoms with van der Waals surface area (Å²) in [6.45, 7) is 2.68. The summed E-state index contributed by atoms with van der Waals surface area (Å²) in [6.07, 6.45) is 0. The van der Waals surface area contributed by atoms with Crippen LogP contribution in [0.5, 0.6) is 11.5 Å². The lowest BCUT2D eigenvalue weighted by atomic mass is 10.1. The van der Waals surface area contributed by atoms with Crippen molar-refractivity contribution in [2.75, 3.05) is 0 Å². The zero-order valence-corrected chi connectivity index (χ0v) is 11.1. The van der Waals surface area contributed by atoms with E-state index in [2.05, 4.69) is 0 Å². The summed E-state index contributed by atoms with van der Waals surface area (Å²) in [5.41, 5.74) is 2.83. The number of phenols is 2. The zero-order valence-electron chi connectivity index (χ0n) is 11.1. The van der Waals surface area contributed by atoms with Gasteiger partial charge in [-0.2, -0.15) is 0 Å². The Morgan fingerprint density at radius 1 is 1.05 bits per heavy atom. The Labute approximate surface area is 116 Å². The first-order chi connectivity index (χ1) is 9.58. The van der Waals surface area contributed by atoms with Gasteiger partial charge in [-0.25, -0.2) is 0 Å². The molecular formula is C16H15NO3. The second-order valence-corrected chi connectivity index (χ2v) is 5.04. The maximum absolute atomic E-state index is 12.5. The highest BCUT2D eigenvalue weighted by molar-refractivity contribution is 5.97. The minimum absolute atomic E-state index is 0.0104. The van der Waals surface area contributed by atoms with Gasteiger partial charge in [0, 0.05) is 18.7 Å². The van der Waals surface area contributed by atoms with Crippen LogP contribution in [-0.4, -0.2) is 21.0 Å². The van der Waals surface area contributed by atoms with Gasteiger partial charge in [0.05, 0.1) is 5.56 Å². The lowest BCUT2D eigenvalue weighted by Gasteiger charge is -2.17. The summed E-state index contributed by atoms with van der Waals surface area (Å²) in [6, 6.07) is 10.8. The van der Waals surface area contributed by atoms with Crippen LogP contribution in [0.25, 0.3) is 0 Å². The van der Waals surface area contributed by atoms with Crippen molar-refractivity contribution in [2.45, 2.75) is 20.0 Å². The maximum Gasteiger partial charge on any atom is 0.258 e. The molecule has 20 heavy (non-hydrogen) atoms. The van der Waals surface area contributed by atoms with Gasteiger partial charge in [-0.05, 0) is 30.2 Å². The minimum atomic E-state index is -0.221. The van der Waals surface area contributed by atoms with E-state index in [1.165, 1.54) is 12.1 Å². The van der Waals surface area contributed by atoms with Crippen LogP contribution in [0.4, 0.5) is 0 Å². The minimum Gasteiger partial charge on any atom is -0.508 e. The van der Waals surface area contributed by atoms with Gasteiger partial charge in [-0.1, -0.05) is 24.3 Å². The van der Waals surface area contributed by atoms with Crippen molar-refractivity contribution < 1.29 is 15.0 Å². The SMILES string of the molecule is Cc1c(O)ccc(C(=O)N2Cc3ccccc3C2)c1O. The van der Waals surface area contributed by atoms with E-state index in [-0.39, 0.29) is 23.0 Å². The topological polar surface area (TPSA) is 60.8 Å². The Hall–Kier alpha value is -2.49. The van der Waals surface area contributed by atoms with Gasteiger partial charge in [-0.15, -0.1) is 0 Å². The average Bonchev–Trinajstić information content (AvgIpc) is 2.88. The van der Waals surface area contributed by atoms with Crippen LogP contribution in [0.3, 0.4) is 0 Å². The van der Waals surface area contributed by atoms with E-state index in [0.29, 0.717) is 18.7 Å². The van der Waals surface area contributed by atoms with E-state index in [1.807, 2.05) is 24.3 Å². The highest BCUT2D eigenvalue weighted by atomic mass is 16.3. The molecule has 0 spiro atoms. The molecule has 1 heterocycles. The van der Waals surface area contributed by atoms with Crippen molar-refractivity contribution in [3.05, 3.63) is 58.7 Å². The van der Waals surface area contributed by atoms with Gasteiger partial charge in [0.2, 0.25) is 0 Å². The van der Waals surface area contributed by atoms with Gasteiger partial charge in [0.1, 0.15) is 11.5 Å². The summed E-state index contributed by atoms with van der Waals surface area (Å²) >= 11 is 0. The number of carbonyl (C=O) groups is 1. The molecule has 102 valence electrons. The molecule has 0 saturated heterocycles. The molecule has 0 radical (unpaired) electrons. The summed E-state index contributed by atoms with van der Waals surface area (Å²) in [5, 5.41) is 19.5. The summed E-state index contributed by atoms with van der Waals surface area (Å²) in [7, 11) is 0. The Kier molecular flexibility index (Phi) is 2.86. The highest BCUT2D eigenvalue weighted by Crippen LogP contribution is 2.32. The van der Waals surface area contributed by atoms with E-state index in [9.17, 15) is 15.0 Å². The molecule has 0 bridgehead atoms. The third-order valence-electron chi connectivity index (χ3n) is 3.76. The van der Waals surface area contributed by atoms with Crippen molar-refractivity contribution in [2.24, 2.45) is 0 Å². The Morgan fingerprint density at radius 2 is 1.65 bits per heavy atom. The van der Waals surface area contributed by atoms with E-state index < -0.39 is 0 Å². The lowest BCUT2D eigenvalue weighted by molar-refractivity contribution is 0.0748. The standard InChI is InChI=1S/C16H15NO3/c1-10-14(18)7-6-13(15(10)19)16(20)17-8-11-4-2-3-5-12(11)9-17/h2-7,18-19H,8-9H2,1H3. The second-order valence-electron chi connectivity index (χ2n) is 5.04. The molecule has 1 aliphatic rings. The van der Waals surface area contributed by atoms with Gasteiger partial charge >= 0.3 is 0 Å². The fraction of sp³-hybridized carbons (Fsp3) is 0.188. The number of fused-ring (bicyclic) bond motifs is 1. The van der Waals surface area contributed by atoms with Crippen LogP contribution in [-0.2, 0) is 13.1 Å². The molecule has 0 saturated carbocycles. The molecule has 2 N–H and O–H groups in total. The number of amides is 1. The van der Waals surface area contributed by atoms with Crippen LogP contribution in [0, 0.1) is 6.92 Å². The molecule has 2 aromatic rings. The fourth-order valence-corrected chi connectivity index (χ4v) is 2.51. The Balaban J connectivity index is 1.91. The van der Waals surface area contributed by atoms with Gasteiger partial charge in [0.25, 0.3) is 5.91 Å². The summed E-state index contributed by atoms with van der Waals surface area (Å²) in [5.74, 6) is -0.378. The van der Waals surface area contributed by atoms with Crippen LogP contribution >= 0.6 is 0 Å². The quantitative estimate of drug-likeness (QED) is 0.836.